The highest BCUT2D eigenvalue weighted by atomic mass is 19.4. The van der Waals surface area contributed by atoms with Crippen molar-refractivity contribution in [3.05, 3.63) is 76.4 Å². The van der Waals surface area contributed by atoms with E-state index < -0.39 is 6.18 Å². The lowest BCUT2D eigenvalue weighted by atomic mass is 9.87. The third-order valence-electron chi connectivity index (χ3n) is 4.63. The Balaban J connectivity index is 1.76. The number of amides is 1. The lowest BCUT2D eigenvalue weighted by Gasteiger charge is -2.26. The van der Waals surface area contributed by atoms with Gasteiger partial charge in [0.25, 0.3) is 5.91 Å². The number of hydrogen-bond donors (Lipinski definition) is 1. The van der Waals surface area contributed by atoms with Gasteiger partial charge in [0.15, 0.2) is 0 Å². The van der Waals surface area contributed by atoms with Gasteiger partial charge in [0.1, 0.15) is 0 Å². The number of hydrogen-bond acceptors (Lipinski definition) is 1. The van der Waals surface area contributed by atoms with Gasteiger partial charge >= 0.3 is 6.18 Å². The molecule has 0 fully saturated rings. The highest BCUT2D eigenvalue weighted by molar-refractivity contribution is 5.96. The summed E-state index contributed by atoms with van der Waals surface area (Å²) < 4.78 is 36.8. The number of nitrogens with one attached hydrogen (secondary N) is 1. The first kappa shape index (κ1) is 18.2. The minimum atomic E-state index is -4.35. The van der Waals surface area contributed by atoms with Crippen molar-refractivity contribution in [3.63, 3.8) is 0 Å². The molecule has 26 heavy (non-hydrogen) atoms. The molecule has 0 bridgehead atoms. The van der Waals surface area contributed by atoms with E-state index >= 15 is 0 Å². The number of halogens is 3. The molecule has 1 N–H and O–H groups in total. The van der Waals surface area contributed by atoms with Crippen LogP contribution in [0, 0.1) is 6.92 Å². The van der Waals surface area contributed by atoms with Gasteiger partial charge in [0.05, 0.1) is 6.04 Å². The Kier molecular flexibility index (Phi) is 5.16. The lowest BCUT2D eigenvalue weighted by Crippen LogP contribution is -2.31. The van der Waals surface area contributed by atoms with E-state index in [1.54, 1.807) is 19.1 Å². The van der Waals surface area contributed by atoms with Gasteiger partial charge in [-0.1, -0.05) is 42.5 Å². The zero-order chi connectivity index (χ0) is 18.7. The van der Waals surface area contributed by atoms with Crippen molar-refractivity contribution >= 4 is 12.0 Å². The van der Waals surface area contributed by atoms with E-state index in [9.17, 15) is 18.0 Å². The number of aryl methyl sites for hydroxylation is 2. The van der Waals surface area contributed by atoms with Crippen LogP contribution < -0.4 is 5.32 Å². The summed E-state index contributed by atoms with van der Waals surface area (Å²) in [6.45, 7) is 1.73. The molecule has 1 amide bonds. The van der Waals surface area contributed by atoms with Gasteiger partial charge in [-0.15, -0.1) is 0 Å². The van der Waals surface area contributed by atoms with Crippen molar-refractivity contribution in [3.8, 4) is 0 Å². The van der Waals surface area contributed by atoms with Crippen LogP contribution in [-0.4, -0.2) is 12.1 Å². The van der Waals surface area contributed by atoms with E-state index in [4.69, 9.17) is 0 Å². The van der Waals surface area contributed by atoms with Gasteiger partial charge in [-0.05, 0) is 54.5 Å². The second kappa shape index (κ2) is 7.36. The van der Waals surface area contributed by atoms with Crippen molar-refractivity contribution in [1.82, 2.24) is 5.32 Å². The molecule has 1 atom stereocenters. The minimum absolute atomic E-state index is 0.0309. The third-order valence-corrected chi connectivity index (χ3v) is 4.63. The van der Waals surface area contributed by atoms with Gasteiger partial charge in [-0.25, -0.2) is 0 Å². The van der Waals surface area contributed by atoms with Crippen molar-refractivity contribution < 1.29 is 18.0 Å². The predicted octanol–water partition coefficient (Wildman–Crippen LogP) is 5.38. The highest BCUT2D eigenvalue weighted by Crippen LogP contribution is 2.30. The fraction of sp³-hybridized carbons (Fsp3) is 0.286. The molecule has 5 heteroatoms. The van der Waals surface area contributed by atoms with Crippen LogP contribution in [0.3, 0.4) is 0 Å². The molecular formula is C21H20F3NO. The fourth-order valence-electron chi connectivity index (χ4n) is 3.38. The SMILES string of the molecule is Cc1cc(/C=C/C(F)(F)F)ccc1C(=O)NC1CCCc2ccccc21. The van der Waals surface area contributed by atoms with Gasteiger partial charge in [-0.2, -0.15) is 13.2 Å². The van der Waals surface area contributed by atoms with Crippen LogP contribution in [0.5, 0.6) is 0 Å². The van der Waals surface area contributed by atoms with Crippen LogP contribution >= 0.6 is 0 Å². The summed E-state index contributed by atoms with van der Waals surface area (Å²) in [4.78, 5) is 12.7. The van der Waals surface area contributed by atoms with Gasteiger partial charge in [0.2, 0.25) is 0 Å². The van der Waals surface area contributed by atoms with Crippen molar-refractivity contribution in [2.75, 3.05) is 0 Å². The maximum Gasteiger partial charge on any atom is 0.409 e. The Morgan fingerprint density at radius 3 is 2.69 bits per heavy atom. The first-order valence-electron chi connectivity index (χ1n) is 8.59. The van der Waals surface area contributed by atoms with E-state index in [-0.39, 0.29) is 18.0 Å². The second-order valence-corrected chi connectivity index (χ2v) is 6.57. The van der Waals surface area contributed by atoms with Crippen molar-refractivity contribution in [1.29, 1.82) is 0 Å². The Morgan fingerprint density at radius 1 is 1.19 bits per heavy atom. The molecule has 0 spiro atoms. The molecule has 2 nitrogen and oxygen atoms in total. The summed E-state index contributed by atoms with van der Waals surface area (Å²) >= 11 is 0. The van der Waals surface area contributed by atoms with E-state index in [0.717, 1.165) is 30.9 Å². The molecule has 136 valence electrons. The van der Waals surface area contributed by atoms with Gasteiger partial charge in [-0.3, -0.25) is 4.79 Å². The minimum Gasteiger partial charge on any atom is -0.345 e. The Morgan fingerprint density at radius 2 is 1.96 bits per heavy atom. The van der Waals surface area contributed by atoms with Crippen LogP contribution in [0.25, 0.3) is 6.08 Å². The average molecular weight is 359 g/mol. The quantitative estimate of drug-likeness (QED) is 0.783. The topological polar surface area (TPSA) is 29.1 Å². The van der Waals surface area contributed by atoms with E-state index in [1.165, 1.54) is 11.6 Å². The second-order valence-electron chi connectivity index (χ2n) is 6.57. The van der Waals surface area contributed by atoms with E-state index in [2.05, 4.69) is 11.4 Å². The Hall–Kier alpha value is -2.56. The maximum absolute atomic E-state index is 12.7. The van der Waals surface area contributed by atoms with Crippen LogP contribution in [-0.2, 0) is 6.42 Å². The standard InChI is InChI=1S/C21H20F3NO/c1-14-13-15(11-12-21(22,23)24)9-10-17(14)20(26)25-19-8-4-6-16-5-2-3-7-18(16)19/h2-3,5,7,9-13,19H,4,6,8H2,1H3,(H,25,26)/b12-11+. The van der Waals surface area contributed by atoms with Gasteiger partial charge in [0, 0.05) is 11.6 Å². The van der Waals surface area contributed by atoms with Crippen LogP contribution in [0.2, 0.25) is 0 Å². The molecule has 2 aromatic rings. The molecule has 0 heterocycles. The fourth-order valence-corrected chi connectivity index (χ4v) is 3.38. The molecular weight excluding hydrogens is 339 g/mol. The number of carbonyl (C=O) groups is 1. The zero-order valence-corrected chi connectivity index (χ0v) is 14.4. The summed E-state index contributed by atoms with van der Waals surface area (Å²) in [5, 5.41) is 3.07. The molecule has 2 aromatic carbocycles. The van der Waals surface area contributed by atoms with E-state index in [1.807, 2.05) is 18.2 Å². The molecule has 0 saturated carbocycles. The number of carbonyl (C=O) groups excluding carboxylic acids is 1. The summed E-state index contributed by atoms with van der Waals surface area (Å²) in [5.74, 6) is -0.199. The zero-order valence-electron chi connectivity index (χ0n) is 14.4. The molecule has 0 aliphatic heterocycles. The monoisotopic (exact) mass is 359 g/mol. The van der Waals surface area contributed by atoms with Gasteiger partial charge < -0.3 is 5.32 Å². The molecule has 3 rings (SSSR count). The van der Waals surface area contributed by atoms with E-state index in [0.29, 0.717) is 16.7 Å². The number of fused-ring (bicyclic) bond motifs is 1. The average Bonchev–Trinajstić information content (AvgIpc) is 2.59. The summed E-state index contributed by atoms with van der Waals surface area (Å²) in [5.41, 5.74) is 3.95. The van der Waals surface area contributed by atoms with Crippen LogP contribution in [0.15, 0.2) is 48.5 Å². The molecule has 1 aliphatic carbocycles. The molecule has 1 aliphatic rings. The lowest BCUT2D eigenvalue weighted by molar-refractivity contribution is -0.0790. The number of benzene rings is 2. The smallest absolute Gasteiger partial charge is 0.345 e. The molecule has 0 saturated heterocycles. The predicted molar refractivity (Wildman–Crippen MR) is 95.9 cm³/mol. The molecule has 1 unspecified atom stereocenters. The van der Waals surface area contributed by atoms with Crippen LogP contribution in [0.1, 0.15) is 51.5 Å². The first-order valence-corrected chi connectivity index (χ1v) is 8.59. The Labute approximate surface area is 150 Å². The number of alkyl halides is 3. The third kappa shape index (κ3) is 4.34. The number of allylic oxidation sites excluding steroid dienone is 1. The first-order chi connectivity index (χ1) is 12.3. The molecule has 0 aromatic heterocycles. The van der Waals surface area contributed by atoms with Crippen molar-refractivity contribution in [2.45, 2.75) is 38.4 Å². The van der Waals surface area contributed by atoms with Crippen LogP contribution in [0.4, 0.5) is 13.2 Å². The normalized spacial score (nSPS) is 17.2. The molecule has 0 radical (unpaired) electrons. The summed E-state index contributed by atoms with van der Waals surface area (Å²) in [6, 6.07) is 12.8. The highest BCUT2D eigenvalue weighted by Gasteiger charge is 2.23. The van der Waals surface area contributed by atoms with Crippen molar-refractivity contribution in [2.24, 2.45) is 0 Å². The number of rotatable bonds is 3. The summed E-state index contributed by atoms with van der Waals surface area (Å²) in [7, 11) is 0. The Bertz CT molecular complexity index is 839. The summed E-state index contributed by atoms with van der Waals surface area (Å²) in [6.07, 6.45) is -0.233. The largest absolute Gasteiger partial charge is 0.409 e. The maximum atomic E-state index is 12.7.